The molecular weight excluding hydrogens is 1090 g/mol. The lowest BCUT2D eigenvalue weighted by Gasteiger charge is -2.41. The van der Waals surface area contributed by atoms with Gasteiger partial charge in [0.25, 0.3) is 5.91 Å². The molecule has 18 nitrogen and oxygen atoms in total. The Labute approximate surface area is 495 Å². The molecule has 83 heavy (non-hydrogen) atoms. The van der Waals surface area contributed by atoms with Gasteiger partial charge in [-0.1, -0.05) is 103 Å². The molecule has 9 rings (SSSR count). The average Bonchev–Trinajstić information content (AvgIpc) is 4.24. The van der Waals surface area contributed by atoms with E-state index in [1.54, 1.807) is 61.8 Å². The Hall–Kier alpha value is -8.00. The number of carbonyl (C=O) groups is 5. The normalized spacial score (nSPS) is 13.2. The molecule has 20 heteroatoms. The summed E-state index contributed by atoms with van der Waals surface area (Å²) in [5, 5.41) is 12.9. The molecule has 438 valence electrons. The number of alkyl carbamates (subject to hydrolysis) is 1. The summed E-state index contributed by atoms with van der Waals surface area (Å²) in [7, 11) is 0. The Kier molecular flexibility index (Phi) is 22.5. The maximum absolute atomic E-state index is 13.4. The quantitative estimate of drug-likeness (QED) is 0.0505. The molecule has 3 aromatic heterocycles. The maximum atomic E-state index is 13.4. The molecule has 5 N–H and O–H groups in total. The minimum Gasteiger partial charge on any atom is -0.448 e. The molecule has 0 radical (unpaired) electrons. The average molecular weight is 1170 g/mol. The number of thioether (sulfide) groups is 1. The molecule has 2 aliphatic rings. The minimum atomic E-state index is -1.10. The van der Waals surface area contributed by atoms with Crippen molar-refractivity contribution < 1.29 is 38.2 Å². The van der Waals surface area contributed by atoms with Crippen LogP contribution in [0.4, 0.5) is 21.1 Å². The second-order valence-electron chi connectivity index (χ2n) is 21.0. The Morgan fingerprint density at radius 1 is 0.819 bits per heavy atom. The van der Waals surface area contributed by atoms with Gasteiger partial charge in [0.05, 0.1) is 24.3 Å². The Balaban J connectivity index is 0.000000237. The Morgan fingerprint density at radius 2 is 1.51 bits per heavy atom. The molecule has 4 heterocycles. The van der Waals surface area contributed by atoms with Crippen LogP contribution in [0.2, 0.25) is 5.02 Å². The van der Waals surface area contributed by atoms with Crippen molar-refractivity contribution in [3.63, 3.8) is 0 Å². The third kappa shape index (κ3) is 17.0. The van der Waals surface area contributed by atoms with Gasteiger partial charge in [-0.2, -0.15) is 11.8 Å². The van der Waals surface area contributed by atoms with E-state index in [2.05, 4.69) is 89.4 Å². The highest BCUT2D eigenvalue weighted by Gasteiger charge is 2.44. The third-order valence-electron chi connectivity index (χ3n) is 13.9. The molecule has 1 saturated heterocycles. The van der Waals surface area contributed by atoms with Crippen LogP contribution in [0.15, 0.2) is 128 Å². The first-order chi connectivity index (χ1) is 40.0. The highest BCUT2D eigenvalue weighted by atomic mass is 35.5. The lowest BCUT2D eigenvalue weighted by molar-refractivity contribution is -0.128. The monoisotopic (exact) mass is 1170 g/mol. The number of piperidine rings is 1. The van der Waals surface area contributed by atoms with Crippen molar-refractivity contribution in [3.05, 3.63) is 161 Å². The molecule has 1 aliphatic heterocycles. The fourth-order valence-electron chi connectivity index (χ4n) is 9.79. The summed E-state index contributed by atoms with van der Waals surface area (Å²) in [6.07, 6.45) is 9.76. The summed E-state index contributed by atoms with van der Waals surface area (Å²) in [5.41, 5.74) is 8.01. The van der Waals surface area contributed by atoms with Gasteiger partial charge in [-0.25, -0.2) is 24.5 Å². The second-order valence-corrected chi connectivity index (χ2v) is 22.2. The van der Waals surface area contributed by atoms with E-state index in [9.17, 15) is 24.0 Å². The topological polar surface area (TPSA) is 222 Å². The number of nitrogens with zero attached hydrogens (tertiary/aromatic N) is 5. The van der Waals surface area contributed by atoms with E-state index in [-0.39, 0.29) is 55.9 Å². The van der Waals surface area contributed by atoms with Crippen LogP contribution in [-0.4, -0.2) is 131 Å². The van der Waals surface area contributed by atoms with Gasteiger partial charge in [0, 0.05) is 75.1 Å². The number of rotatable bonds is 18. The van der Waals surface area contributed by atoms with Crippen LogP contribution in [0.25, 0.3) is 33.3 Å². The van der Waals surface area contributed by atoms with Gasteiger partial charge >= 0.3 is 12.2 Å². The number of ether oxygens (including phenoxy) is 3. The van der Waals surface area contributed by atoms with Crippen LogP contribution in [0.5, 0.6) is 0 Å². The molecule has 0 saturated carbocycles. The number of pyridine rings is 1. The molecule has 7 aromatic rings. The zero-order chi connectivity index (χ0) is 59.5. The highest BCUT2D eigenvalue weighted by Crippen LogP contribution is 2.44. The van der Waals surface area contributed by atoms with Crippen LogP contribution in [0.1, 0.15) is 93.0 Å². The van der Waals surface area contributed by atoms with Gasteiger partial charge in [-0.05, 0) is 123 Å². The summed E-state index contributed by atoms with van der Waals surface area (Å²) in [6, 6.07) is 35.5. The molecule has 0 bridgehead atoms. The maximum Gasteiger partial charge on any atom is 0.409 e. The Morgan fingerprint density at radius 3 is 2.16 bits per heavy atom. The van der Waals surface area contributed by atoms with Crippen molar-refractivity contribution in [2.45, 2.75) is 84.4 Å². The standard InChI is InChI=1S/C37H40N4O5.C24H29ClN6O3.C2H6S/c1-4-26-11-10-12-27(21-26)28-22-34(40-25(3)42)35(39-23-28)36(43)38-17-19-45-20-18-41(5-2)37(44)46-24-33-31-15-8-6-13-29(31)30-14-7-9-16-32(30)33;1-23(2,3)34-22(33)30-24(21(32)27-14-16-4-6-17(25)7-5-16)9-12-31(13-10-24)20-18-8-11-26-19(18)28-15-29-20;1-3-2/h6-16,21-23,33H,4-5,17-20,24H2,1-3H3,(H,38,43)(H,40,42);4-8,11,15H,9-10,12-14H2,1-3H3,(H,27,32)(H,30,33)(H,26,28,29);1-2H3. The van der Waals surface area contributed by atoms with Crippen molar-refractivity contribution in [1.29, 1.82) is 0 Å². The van der Waals surface area contributed by atoms with Crippen molar-refractivity contribution in [2.24, 2.45) is 0 Å². The molecule has 0 spiro atoms. The number of anilines is 2. The smallest absolute Gasteiger partial charge is 0.409 e. The molecule has 5 amide bonds. The van der Waals surface area contributed by atoms with E-state index in [1.807, 2.05) is 80.2 Å². The van der Waals surface area contributed by atoms with Crippen molar-refractivity contribution >= 4 is 75.8 Å². The molecule has 0 unspecified atom stereocenters. The number of aryl methyl sites for hydroxylation is 1. The van der Waals surface area contributed by atoms with Gasteiger partial charge in [0.15, 0.2) is 5.69 Å². The van der Waals surface area contributed by atoms with Gasteiger partial charge in [-0.3, -0.25) is 14.4 Å². The largest absolute Gasteiger partial charge is 0.448 e. The molecule has 1 aliphatic carbocycles. The summed E-state index contributed by atoms with van der Waals surface area (Å²) in [4.78, 5) is 83.7. The fourth-order valence-corrected chi connectivity index (χ4v) is 9.92. The number of aromatic nitrogens is 4. The number of halogens is 1. The van der Waals surface area contributed by atoms with E-state index >= 15 is 0 Å². The van der Waals surface area contributed by atoms with Crippen LogP contribution in [0.3, 0.4) is 0 Å². The van der Waals surface area contributed by atoms with Crippen molar-refractivity contribution in [1.82, 2.24) is 40.8 Å². The van der Waals surface area contributed by atoms with Gasteiger partial charge in [-0.15, -0.1) is 0 Å². The zero-order valence-electron chi connectivity index (χ0n) is 48.5. The lowest BCUT2D eigenvalue weighted by atomic mass is 9.86. The second kappa shape index (κ2) is 29.8. The summed E-state index contributed by atoms with van der Waals surface area (Å²) < 4.78 is 17.0. The number of carbonyl (C=O) groups excluding carboxylic acids is 5. The van der Waals surface area contributed by atoms with Crippen LogP contribution >= 0.6 is 23.4 Å². The number of fused-ring (bicyclic) bond motifs is 4. The predicted octanol–water partition coefficient (Wildman–Crippen LogP) is 11.1. The van der Waals surface area contributed by atoms with E-state index in [4.69, 9.17) is 25.8 Å². The minimum absolute atomic E-state index is 0.000902. The first kappa shape index (κ1) is 62.6. The van der Waals surface area contributed by atoms with Gasteiger partial charge < -0.3 is 50.3 Å². The number of H-pyrrole nitrogens is 1. The Bertz CT molecular complexity index is 3280. The van der Waals surface area contributed by atoms with Crippen molar-refractivity contribution in [2.75, 3.05) is 75.3 Å². The van der Waals surface area contributed by atoms with Crippen LogP contribution in [0, 0.1) is 0 Å². The van der Waals surface area contributed by atoms with Gasteiger partial charge in [0.1, 0.15) is 35.5 Å². The fraction of sp³-hybridized carbons (Fsp3) is 0.365. The number of hydrogen-bond acceptors (Lipinski definition) is 13. The molecule has 0 atom stereocenters. The molecule has 1 fully saturated rings. The van der Waals surface area contributed by atoms with E-state index < -0.39 is 23.1 Å². The zero-order valence-corrected chi connectivity index (χ0v) is 50.0. The van der Waals surface area contributed by atoms with Crippen molar-refractivity contribution in [3.8, 4) is 22.3 Å². The number of nitrogens with one attached hydrogen (secondary N) is 5. The number of amides is 5. The number of aromatic amines is 1. The van der Waals surface area contributed by atoms with E-state index in [0.717, 1.165) is 40.0 Å². The van der Waals surface area contributed by atoms with E-state index in [0.29, 0.717) is 56.3 Å². The predicted molar refractivity (Wildman–Crippen MR) is 329 cm³/mol. The molecule has 4 aromatic carbocycles. The third-order valence-corrected chi connectivity index (χ3v) is 14.1. The number of hydrogen-bond donors (Lipinski definition) is 5. The first-order valence-electron chi connectivity index (χ1n) is 27.8. The van der Waals surface area contributed by atoms with E-state index in [1.165, 1.54) is 41.1 Å². The number of benzene rings is 4. The van der Waals surface area contributed by atoms with Crippen LogP contribution < -0.4 is 26.2 Å². The van der Waals surface area contributed by atoms with Gasteiger partial charge in [0.2, 0.25) is 11.8 Å². The molecular formula is C63H75ClN10O8S. The number of likely N-dealkylation sites (N-methyl/N-ethyl adjacent to an activating group) is 1. The SMILES string of the molecule is CC(C)(C)OC(=O)NC1(C(=O)NCc2ccc(Cl)cc2)CCN(c2ncnc3[nH]ccc23)CC1.CCc1cccc(-c2cnc(C(=O)NCCOCCN(CC)C(=O)OCC3c4ccccc4-c4ccccc43)c(NC(C)=O)c2)c1.CSC. The highest BCUT2D eigenvalue weighted by molar-refractivity contribution is 7.97. The summed E-state index contributed by atoms with van der Waals surface area (Å²) in [5.74, 6) is -0.161. The lowest BCUT2D eigenvalue weighted by Crippen LogP contribution is -2.63. The van der Waals surface area contributed by atoms with Crippen LogP contribution in [-0.2, 0) is 36.8 Å². The first-order valence-corrected chi connectivity index (χ1v) is 29.8. The summed E-state index contributed by atoms with van der Waals surface area (Å²) in [6.45, 7) is 14.0. The summed E-state index contributed by atoms with van der Waals surface area (Å²) >= 11 is 7.71.